The van der Waals surface area contributed by atoms with Crippen LogP contribution < -0.4 is 4.72 Å². The van der Waals surface area contributed by atoms with Gasteiger partial charge in [-0.25, -0.2) is 26.2 Å². The van der Waals surface area contributed by atoms with Gasteiger partial charge in [0.2, 0.25) is 20.0 Å². The predicted molar refractivity (Wildman–Crippen MR) is 104 cm³/mol. The highest BCUT2D eigenvalue weighted by molar-refractivity contribution is 7.89. The fourth-order valence-electron chi connectivity index (χ4n) is 3.10. The monoisotopic (exact) mass is 431 g/mol. The van der Waals surface area contributed by atoms with Gasteiger partial charge in [-0.2, -0.15) is 4.31 Å². The van der Waals surface area contributed by atoms with E-state index in [2.05, 4.69) is 19.7 Å². The molecule has 0 radical (unpaired) electrons. The van der Waals surface area contributed by atoms with Gasteiger partial charge in [-0.3, -0.25) is 4.90 Å². The van der Waals surface area contributed by atoms with Gasteiger partial charge in [0, 0.05) is 39.3 Å². The third-order valence-corrected chi connectivity index (χ3v) is 8.19. The van der Waals surface area contributed by atoms with Crippen LogP contribution in [0, 0.1) is 0 Å². The number of hydrogen-bond acceptors (Lipinski definition) is 8. The number of piperazine rings is 1. The Morgan fingerprint density at radius 1 is 1.11 bits per heavy atom. The largest absolute Gasteiger partial charge is 0.299 e. The summed E-state index contributed by atoms with van der Waals surface area (Å²) < 4.78 is 58.3. The van der Waals surface area contributed by atoms with Crippen molar-refractivity contribution in [2.45, 2.75) is 24.7 Å². The zero-order valence-corrected chi connectivity index (χ0v) is 17.4. The van der Waals surface area contributed by atoms with Gasteiger partial charge in [-0.15, -0.1) is 0 Å². The molecule has 1 fully saturated rings. The summed E-state index contributed by atoms with van der Waals surface area (Å²) in [5.41, 5.74) is 0.573. The summed E-state index contributed by atoms with van der Waals surface area (Å²) in [6.07, 6.45) is 1.51. The molecule has 12 heteroatoms. The average Bonchev–Trinajstić information content (AvgIpc) is 3.15. The molecule has 0 spiro atoms. The number of fused-ring (bicyclic) bond motifs is 1. The number of aromatic nitrogens is 2. The Morgan fingerprint density at radius 3 is 2.57 bits per heavy atom. The number of benzene rings is 1. The second-order valence-corrected chi connectivity index (χ2v) is 10.5. The summed E-state index contributed by atoms with van der Waals surface area (Å²) in [4.78, 5) is 2.07. The molecule has 0 aliphatic carbocycles. The fraction of sp³-hybridized carbons (Fsp3) is 0.625. The molecule has 0 atom stereocenters. The molecule has 1 N–H and O–H groups in total. The van der Waals surface area contributed by atoms with Crippen LogP contribution in [-0.4, -0.2) is 81.4 Å². The lowest BCUT2D eigenvalue weighted by Gasteiger charge is -2.33. The van der Waals surface area contributed by atoms with E-state index in [9.17, 15) is 16.8 Å². The molecule has 1 aliphatic rings. The van der Waals surface area contributed by atoms with E-state index in [0.717, 1.165) is 6.42 Å². The lowest BCUT2D eigenvalue weighted by atomic mass is 10.3. The molecule has 28 heavy (non-hydrogen) atoms. The molecule has 0 saturated carbocycles. The molecule has 1 aromatic heterocycles. The Kier molecular flexibility index (Phi) is 6.65. The van der Waals surface area contributed by atoms with Gasteiger partial charge in [0.1, 0.15) is 10.4 Å². The van der Waals surface area contributed by atoms with E-state index in [1.807, 2.05) is 11.8 Å². The van der Waals surface area contributed by atoms with Crippen molar-refractivity contribution in [3.05, 3.63) is 18.2 Å². The molecule has 2 aromatic rings. The van der Waals surface area contributed by atoms with E-state index in [1.165, 1.54) is 10.4 Å². The Balaban J connectivity index is 1.50. The van der Waals surface area contributed by atoms with Crippen molar-refractivity contribution in [3.8, 4) is 0 Å². The maximum absolute atomic E-state index is 12.5. The van der Waals surface area contributed by atoms with Crippen LogP contribution in [0.4, 0.5) is 0 Å². The van der Waals surface area contributed by atoms with E-state index in [0.29, 0.717) is 44.7 Å². The van der Waals surface area contributed by atoms with Crippen molar-refractivity contribution in [3.63, 3.8) is 0 Å². The van der Waals surface area contributed by atoms with Crippen LogP contribution in [0.15, 0.2) is 27.7 Å². The van der Waals surface area contributed by atoms with Crippen molar-refractivity contribution >= 4 is 31.1 Å². The number of rotatable bonds is 9. The number of nitrogens with zero attached hydrogens (tertiary/aromatic N) is 4. The summed E-state index contributed by atoms with van der Waals surface area (Å²) in [6.45, 7) is 4.70. The van der Waals surface area contributed by atoms with Gasteiger partial charge >= 0.3 is 0 Å². The minimum Gasteiger partial charge on any atom is -0.299 e. The second-order valence-electron chi connectivity index (χ2n) is 6.70. The molecule has 2 heterocycles. The highest BCUT2D eigenvalue weighted by atomic mass is 32.2. The quantitative estimate of drug-likeness (QED) is 0.599. The van der Waals surface area contributed by atoms with Crippen molar-refractivity contribution in [2.24, 2.45) is 0 Å². The Morgan fingerprint density at radius 2 is 1.86 bits per heavy atom. The molecular formula is C16H25N5O5S2. The van der Waals surface area contributed by atoms with Gasteiger partial charge in [0.15, 0.2) is 5.52 Å². The first-order chi connectivity index (χ1) is 13.3. The molecule has 0 unspecified atom stereocenters. The van der Waals surface area contributed by atoms with E-state index < -0.39 is 20.0 Å². The average molecular weight is 432 g/mol. The maximum Gasteiger partial charge on any atom is 0.242 e. The second kappa shape index (κ2) is 8.82. The Bertz CT molecular complexity index is 997. The number of hydrogen-bond donors (Lipinski definition) is 1. The maximum atomic E-state index is 12.5. The minimum atomic E-state index is -3.75. The summed E-state index contributed by atoms with van der Waals surface area (Å²) in [6, 6.07) is 4.66. The molecule has 156 valence electrons. The molecule has 0 bridgehead atoms. The van der Waals surface area contributed by atoms with Crippen LogP contribution in [0.25, 0.3) is 11.0 Å². The molecular weight excluding hydrogens is 406 g/mol. The Hall–Kier alpha value is -1.60. The van der Waals surface area contributed by atoms with Crippen LogP contribution in [0.2, 0.25) is 0 Å². The zero-order valence-electron chi connectivity index (χ0n) is 15.7. The molecule has 1 aliphatic heterocycles. The lowest BCUT2D eigenvalue weighted by molar-refractivity contribution is 0.191. The topological polar surface area (TPSA) is 126 Å². The molecule has 1 aromatic carbocycles. The first kappa shape index (κ1) is 21.1. The van der Waals surface area contributed by atoms with Gasteiger partial charge in [0.05, 0.1) is 5.75 Å². The van der Waals surface area contributed by atoms with Gasteiger partial charge in [-0.1, -0.05) is 19.4 Å². The summed E-state index contributed by atoms with van der Waals surface area (Å²) in [5.74, 6) is 0.186. The van der Waals surface area contributed by atoms with Crippen LogP contribution in [-0.2, 0) is 20.0 Å². The first-order valence-electron chi connectivity index (χ1n) is 9.24. The van der Waals surface area contributed by atoms with Gasteiger partial charge < -0.3 is 0 Å². The van der Waals surface area contributed by atoms with Crippen LogP contribution in [0.5, 0.6) is 0 Å². The van der Waals surface area contributed by atoms with Crippen molar-refractivity contribution < 1.29 is 21.5 Å². The number of nitrogens with one attached hydrogen (secondary N) is 1. The van der Waals surface area contributed by atoms with Crippen LogP contribution >= 0.6 is 0 Å². The predicted octanol–water partition coefficient (Wildman–Crippen LogP) is 0.249. The SMILES string of the molecule is CCCCS(=O)(=O)N1CCN(CCNS(=O)(=O)c2cccc3nonc23)CC1. The third-order valence-electron chi connectivity index (χ3n) is 4.74. The lowest BCUT2D eigenvalue weighted by Crippen LogP contribution is -2.50. The van der Waals surface area contributed by atoms with Gasteiger partial charge in [0.25, 0.3) is 0 Å². The fourth-order valence-corrected chi connectivity index (χ4v) is 5.90. The van der Waals surface area contributed by atoms with Crippen LogP contribution in [0.1, 0.15) is 19.8 Å². The Labute approximate surface area is 164 Å². The minimum absolute atomic E-state index is 0.0260. The third kappa shape index (κ3) is 4.87. The highest BCUT2D eigenvalue weighted by Crippen LogP contribution is 2.19. The van der Waals surface area contributed by atoms with Crippen LogP contribution in [0.3, 0.4) is 0 Å². The summed E-state index contributed by atoms with van der Waals surface area (Å²) in [5, 5.41) is 7.31. The number of unbranched alkanes of at least 4 members (excludes halogenated alkanes) is 1. The van der Waals surface area contributed by atoms with Crippen molar-refractivity contribution in [1.82, 2.24) is 24.2 Å². The standard InChI is InChI=1S/C16H25N5O5S2/c1-2-3-13-27(22,23)21-11-9-20(10-12-21)8-7-17-28(24,25)15-6-4-5-14-16(15)19-26-18-14/h4-6,17H,2-3,7-13H2,1H3. The molecule has 10 nitrogen and oxygen atoms in total. The van der Waals surface area contributed by atoms with Crippen molar-refractivity contribution in [1.29, 1.82) is 0 Å². The van der Waals surface area contributed by atoms with E-state index >= 15 is 0 Å². The molecule has 3 rings (SSSR count). The normalized spacial score (nSPS) is 17.3. The number of sulfonamides is 2. The van der Waals surface area contributed by atoms with Gasteiger partial charge in [-0.05, 0) is 28.9 Å². The van der Waals surface area contributed by atoms with E-state index in [4.69, 9.17) is 0 Å². The first-order valence-corrected chi connectivity index (χ1v) is 12.3. The summed E-state index contributed by atoms with van der Waals surface area (Å²) >= 11 is 0. The molecule has 1 saturated heterocycles. The smallest absolute Gasteiger partial charge is 0.242 e. The van der Waals surface area contributed by atoms with E-state index in [1.54, 1.807) is 12.1 Å². The zero-order chi connectivity index (χ0) is 20.2. The van der Waals surface area contributed by atoms with E-state index in [-0.39, 0.29) is 22.7 Å². The molecule has 0 amide bonds. The highest BCUT2D eigenvalue weighted by Gasteiger charge is 2.26. The summed E-state index contributed by atoms with van der Waals surface area (Å²) in [7, 11) is -6.94. The van der Waals surface area contributed by atoms with Crippen molar-refractivity contribution in [2.75, 3.05) is 45.0 Å².